The highest BCUT2D eigenvalue weighted by molar-refractivity contribution is 7.99. The van der Waals surface area contributed by atoms with E-state index in [2.05, 4.69) is 50.9 Å². The molecule has 0 aliphatic carbocycles. The van der Waals surface area contributed by atoms with Crippen LogP contribution in [0, 0.1) is 6.92 Å². The Hall–Kier alpha value is -1.98. The predicted octanol–water partition coefficient (Wildman–Crippen LogP) is 4.43. The van der Waals surface area contributed by atoms with Crippen molar-refractivity contribution in [3.63, 3.8) is 0 Å². The number of nitrogens with zero attached hydrogens (tertiary/aromatic N) is 4. The van der Waals surface area contributed by atoms with Gasteiger partial charge >= 0.3 is 0 Å². The SMILES string of the molecule is Cc1ccc(N2CSc3nnc(-c4ccc(Cl)cc4)n3C2)cc1. The fourth-order valence-electron chi connectivity index (χ4n) is 2.59. The second kappa shape index (κ2) is 5.91. The van der Waals surface area contributed by atoms with Crippen LogP contribution >= 0.6 is 23.4 Å². The fraction of sp³-hybridized carbons (Fsp3) is 0.176. The Bertz CT molecular complexity index is 827. The third kappa shape index (κ3) is 2.82. The molecule has 2 heterocycles. The van der Waals surface area contributed by atoms with E-state index in [4.69, 9.17) is 11.6 Å². The van der Waals surface area contributed by atoms with E-state index in [0.29, 0.717) is 0 Å². The highest BCUT2D eigenvalue weighted by atomic mass is 35.5. The molecule has 2 aromatic carbocycles. The zero-order valence-electron chi connectivity index (χ0n) is 12.6. The van der Waals surface area contributed by atoms with Crippen LogP contribution in [-0.2, 0) is 6.67 Å². The Balaban J connectivity index is 1.67. The van der Waals surface area contributed by atoms with Gasteiger partial charge in [-0.25, -0.2) is 0 Å². The molecular formula is C17H15ClN4S. The van der Waals surface area contributed by atoms with Crippen LogP contribution in [0.4, 0.5) is 5.69 Å². The molecule has 0 radical (unpaired) electrons. The van der Waals surface area contributed by atoms with Crippen molar-refractivity contribution in [2.75, 3.05) is 10.8 Å². The Kier molecular flexibility index (Phi) is 3.75. The molecule has 0 amide bonds. The monoisotopic (exact) mass is 342 g/mol. The minimum atomic E-state index is 0.725. The number of anilines is 1. The quantitative estimate of drug-likeness (QED) is 0.689. The van der Waals surface area contributed by atoms with Crippen LogP contribution in [-0.4, -0.2) is 20.6 Å². The van der Waals surface area contributed by atoms with E-state index in [9.17, 15) is 0 Å². The first-order valence-electron chi connectivity index (χ1n) is 7.34. The molecule has 4 rings (SSSR count). The average Bonchev–Trinajstić information content (AvgIpc) is 2.99. The summed E-state index contributed by atoms with van der Waals surface area (Å²) in [6.07, 6.45) is 0. The summed E-state index contributed by atoms with van der Waals surface area (Å²) in [6, 6.07) is 16.3. The molecule has 1 aliphatic rings. The van der Waals surface area contributed by atoms with Gasteiger partial charge in [0.15, 0.2) is 11.0 Å². The molecule has 116 valence electrons. The molecule has 0 atom stereocenters. The minimum absolute atomic E-state index is 0.725. The summed E-state index contributed by atoms with van der Waals surface area (Å²) in [7, 11) is 0. The van der Waals surface area contributed by atoms with Crippen LogP contribution in [0.2, 0.25) is 5.02 Å². The summed E-state index contributed by atoms with van der Waals surface area (Å²) in [4.78, 5) is 2.32. The second-order valence-electron chi connectivity index (χ2n) is 5.53. The van der Waals surface area contributed by atoms with Crippen LogP contribution in [0.3, 0.4) is 0 Å². The first-order chi connectivity index (χ1) is 11.2. The number of aryl methyl sites for hydroxylation is 1. The maximum absolute atomic E-state index is 5.98. The molecule has 0 N–H and O–H groups in total. The standard InChI is InChI=1S/C17H15ClN4S/c1-12-2-8-15(9-3-12)21-10-22-16(19-20-17(22)23-11-21)13-4-6-14(18)7-5-13/h2-9H,10-11H2,1H3. The molecule has 4 nitrogen and oxygen atoms in total. The third-order valence-corrected chi connectivity index (χ3v) is 5.13. The molecule has 3 aromatic rings. The van der Waals surface area contributed by atoms with E-state index in [0.717, 1.165) is 34.1 Å². The third-order valence-electron chi connectivity index (χ3n) is 3.88. The summed E-state index contributed by atoms with van der Waals surface area (Å²) in [5.41, 5.74) is 3.51. The van der Waals surface area contributed by atoms with Crippen molar-refractivity contribution in [3.05, 3.63) is 59.1 Å². The van der Waals surface area contributed by atoms with E-state index in [-0.39, 0.29) is 0 Å². The lowest BCUT2D eigenvalue weighted by molar-refractivity contribution is 0.608. The lowest BCUT2D eigenvalue weighted by atomic mass is 10.2. The average molecular weight is 343 g/mol. The second-order valence-corrected chi connectivity index (χ2v) is 6.88. The smallest absolute Gasteiger partial charge is 0.194 e. The van der Waals surface area contributed by atoms with Gasteiger partial charge in [0.2, 0.25) is 0 Å². The molecule has 1 aromatic heterocycles. The number of thioether (sulfide) groups is 1. The van der Waals surface area contributed by atoms with Crippen molar-refractivity contribution in [2.45, 2.75) is 18.7 Å². The Morgan fingerprint density at radius 2 is 1.74 bits per heavy atom. The van der Waals surface area contributed by atoms with Crippen LogP contribution in [0.1, 0.15) is 5.56 Å². The molecule has 0 saturated heterocycles. The van der Waals surface area contributed by atoms with Gasteiger partial charge in [-0.2, -0.15) is 0 Å². The molecule has 6 heteroatoms. The number of fused-ring (bicyclic) bond motifs is 1. The zero-order valence-corrected chi connectivity index (χ0v) is 14.2. The van der Waals surface area contributed by atoms with Gasteiger partial charge in [0.1, 0.15) is 0 Å². The van der Waals surface area contributed by atoms with Crippen molar-refractivity contribution in [1.82, 2.24) is 14.8 Å². The van der Waals surface area contributed by atoms with E-state index >= 15 is 0 Å². The van der Waals surface area contributed by atoms with Gasteiger partial charge in [-0.15, -0.1) is 10.2 Å². The van der Waals surface area contributed by atoms with Crippen LogP contribution in [0.15, 0.2) is 53.7 Å². The lowest BCUT2D eigenvalue weighted by Gasteiger charge is -2.29. The van der Waals surface area contributed by atoms with Crippen molar-refractivity contribution >= 4 is 29.1 Å². The topological polar surface area (TPSA) is 34.0 Å². The van der Waals surface area contributed by atoms with Crippen LogP contribution in [0.5, 0.6) is 0 Å². The summed E-state index contributed by atoms with van der Waals surface area (Å²) in [5.74, 6) is 1.75. The molecule has 0 bridgehead atoms. The summed E-state index contributed by atoms with van der Waals surface area (Å²) in [5, 5.41) is 10.4. The minimum Gasteiger partial charge on any atom is -0.344 e. The highest BCUT2D eigenvalue weighted by Gasteiger charge is 2.22. The van der Waals surface area contributed by atoms with E-state index in [1.54, 1.807) is 11.8 Å². The largest absolute Gasteiger partial charge is 0.344 e. The summed E-state index contributed by atoms with van der Waals surface area (Å²) < 4.78 is 2.15. The van der Waals surface area contributed by atoms with Gasteiger partial charge in [0.25, 0.3) is 0 Å². The van der Waals surface area contributed by atoms with Crippen LogP contribution < -0.4 is 4.90 Å². The molecule has 0 saturated carbocycles. The number of hydrogen-bond donors (Lipinski definition) is 0. The Morgan fingerprint density at radius 3 is 2.48 bits per heavy atom. The van der Waals surface area contributed by atoms with Gasteiger partial charge in [-0.1, -0.05) is 41.1 Å². The van der Waals surface area contributed by atoms with Crippen molar-refractivity contribution < 1.29 is 0 Å². The van der Waals surface area contributed by atoms with Crippen LogP contribution in [0.25, 0.3) is 11.4 Å². The van der Waals surface area contributed by atoms with Gasteiger partial charge in [0.05, 0.1) is 12.5 Å². The first kappa shape index (κ1) is 14.6. The molecule has 23 heavy (non-hydrogen) atoms. The molecule has 0 fully saturated rings. The van der Waals surface area contributed by atoms with Crippen molar-refractivity contribution in [2.24, 2.45) is 0 Å². The number of benzene rings is 2. The number of aromatic nitrogens is 3. The molecule has 0 spiro atoms. The normalized spacial score (nSPS) is 13.9. The van der Waals surface area contributed by atoms with Crippen molar-refractivity contribution in [1.29, 1.82) is 0 Å². The Labute approximate surface area is 144 Å². The Morgan fingerprint density at radius 1 is 1.00 bits per heavy atom. The summed E-state index contributed by atoms with van der Waals surface area (Å²) in [6.45, 7) is 2.85. The van der Waals surface area contributed by atoms with Crippen molar-refractivity contribution in [3.8, 4) is 11.4 Å². The molecule has 1 aliphatic heterocycles. The maximum Gasteiger partial charge on any atom is 0.194 e. The number of rotatable bonds is 2. The van der Waals surface area contributed by atoms with E-state index < -0.39 is 0 Å². The van der Waals surface area contributed by atoms with Gasteiger partial charge in [0, 0.05) is 16.3 Å². The van der Waals surface area contributed by atoms with Gasteiger partial charge < -0.3 is 4.90 Å². The predicted molar refractivity (Wildman–Crippen MR) is 94.9 cm³/mol. The first-order valence-corrected chi connectivity index (χ1v) is 8.70. The van der Waals surface area contributed by atoms with E-state index in [1.165, 1.54) is 11.3 Å². The number of halogens is 1. The maximum atomic E-state index is 5.98. The number of hydrogen-bond acceptors (Lipinski definition) is 4. The molecule has 0 unspecified atom stereocenters. The van der Waals surface area contributed by atoms with E-state index in [1.807, 2.05) is 24.3 Å². The van der Waals surface area contributed by atoms with Gasteiger partial charge in [-0.05, 0) is 43.3 Å². The highest BCUT2D eigenvalue weighted by Crippen LogP contribution is 2.31. The fourth-order valence-corrected chi connectivity index (χ4v) is 3.62. The lowest BCUT2D eigenvalue weighted by Crippen LogP contribution is -2.30. The van der Waals surface area contributed by atoms with Gasteiger partial charge in [-0.3, -0.25) is 4.57 Å². The summed E-state index contributed by atoms with van der Waals surface area (Å²) >= 11 is 7.68. The zero-order chi connectivity index (χ0) is 15.8. The molecular weight excluding hydrogens is 328 g/mol.